The summed E-state index contributed by atoms with van der Waals surface area (Å²) >= 11 is 1.16. The van der Waals surface area contributed by atoms with Crippen molar-refractivity contribution < 1.29 is 22.7 Å². The molecule has 0 fully saturated rings. The van der Waals surface area contributed by atoms with Gasteiger partial charge >= 0.3 is 6.36 Å². The average Bonchev–Trinajstić information content (AvgIpc) is 3.13. The number of carbonyl (C=O) groups excluding carboxylic acids is 1. The molecular weight excluding hydrogens is 433 g/mol. The van der Waals surface area contributed by atoms with E-state index in [0.717, 1.165) is 11.8 Å². The molecule has 0 aliphatic rings. The van der Waals surface area contributed by atoms with E-state index in [0.29, 0.717) is 16.4 Å². The zero-order valence-corrected chi connectivity index (χ0v) is 16.4. The maximum atomic E-state index is 12.7. The lowest BCUT2D eigenvalue weighted by molar-refractivity contribution is -0.274. The molecule has 8 nitrogen and oxygen atoms in total. The van der Waals surface area contributed by atoms with Crippen LogP contribution in [0.1, 0.15) is 0 Å². The summed E-state index contributed by atoms with van der Waals surface area (Å²) < 4.78 is 43.5. The number of amides is 1. The van der Waals surface area contributed by atoms with E-state index in [1.807, 2.05) is 0 Å². The van der Waals surface area contributed by atoms with E-state index in [4.69, 9.17) is 0 Å². The first-order valence-corrected chi connectivity index (χ1v) is 9.77. The zero-order chi connectivity index (χ0) is 21.8. The van der Waals surface area contributed by atoms with Crippen molar-refractivity contribution in [1.82, 2.24) is 24.6 Å². The Kier molecular flexibility index (Phi) is 5.71. The first-order chi connectivity index (χ1) is 14.9. The average molecular weight is 446 g/mol. The van der Waals surface area contributed by atoms with Gasteiger partial charge in [-0.25, -0.2) is 14.5 Å². The smallest absolute Gasteiger partial charge is 0.405 e. The first-order valence-electron chi connectivity index (χ1n) is 8.79. The van der Waals surface area contributed by atoms with Crippen LogP contribution < -0.4 is 10.1 Å². The number of alkyl halides is 3. The fourth-order valence-electron chi connectivity index (χ4n) is 2.67. The van der Waals surface area contributed by atoms with Crippen molar-refractivity contribution in [2.24, 2.45) is 0 Å². The van der Waals surface area contributed by atoms with E-state index in [-0.39, 0.29) is 28.9 Å². The van der Waals surface area contributed by atoms with Crippen molar-refractivity contribution in [3.8, 4) is 16.9 Å². The molecule has 1 N–H and O–H groups in total. The summed E-state index contributed by atoms with van der Waals surface area (Å²) in [6, 6.07) is 10.6. The number of fused-ring (bicyclic) bond motifs is 1. The van der Waals surface area contributed by atoms with Crippen molar-refractivity contribution in [2.45, 2.75) is 11.5 Å². The number of ether oxygens (including phenoxy) is 1. The molecule has 12 heteroatoms. The van der Waals surface area contributed by atoms with Gasteiger partial charge in [0, 0.05) is 29.7 Å². The molecular formula is C19H13F3N6O2S. The molecule has 0 atom stereocenters. The van der Waals surface area contributed by atoms with E-state index in [9.17, 15) is 18.0 Å². The molecule has 1 amide bonds. The number of thioether (sulfide) groups is 1. The lowest BCUT2D eigenvalue weighted by atomic mass is 10.1. The van der Waals surface area contributed by atoms with E-state index >= 15 is 0 Å². The van der Waals surface area contributed by atoms with Crippen LogP contribution in [0.15, 0.2) is 66.2 Å². The molecule has 158 valence electrons. The Morgan fingerprint density at radius 3 is 2.65 bits per heavy atom. The van der Waals surface area contributed by atoms with E-state index in [1.165, 1.54) is 28.9 Å². The number of rotatable bonds is 6. The summed E-state index contributed by atoms with van der Waals surface area (Å²) in [6.45, 7) is 0. The van der Waals surface area contributed by atoms with Gasteiger partial charge in [-0.2, -0.15) is 4.98 Å². The van der Waals surface area contributed by atoms with Gasteiger partial charge in [0.05, 0.1) is 5.75 Å². The summed E-state index contributed by atoms with van der Waals surface area (Å²) in [5.74, 6) is -0.551. The summed E-state index contributed by atoms with van der Waals surface area (Å²) in [5.41, 5.74) is 1.08. The second-order valence-electron chi connectivity index (χ2n) is 6.07. The van der Waals surface area contributed by atoms with Crippen LogP contribution in [0.5, 0.6) is 5.75 Å². The Bertz CT molecular complexity index is 1220. The molecule has 0 bridgehead atoms. The number of halogens is 3. The number of carbonyl (C=O) groups is 1. The third kappa shape index (κ3) is 5.28. The summed E-state index contributed by atoms with van der Waals surface area (Å²) in [4.78, 5) is 24.4. The van der Waals surface area contributed by atoms with Crippen LogP contribution >= 0.6 is 11.8 Å². The molecule has 0 saturated heterocycles. The summed E-state index contributed by atoms with van der Waals surface area (Å²) in [6.07, 6.45) is -0.157. The maximum Gasteiger partial charge on any atom is 0.573 e. The van der Waals surface area contributed by atoms with Gasteiger partial charge in [-0.05, 0) is 24.3 Å². The van der Waals surface area contributed by atoms with Crippen LogP contribution in [-0.2, 0) is 4.79 Å². The first kappa shape index (κ1) is 20.6. The number of nitrogens with one attached hydrogen (secondary N) is 1. The number of benzene rings is 1. The molecule has 0 spiro atoms. The molecule has 0 saturated carbocycles. The van der Waals surface area contributed by atoms with Crippen LogP contribution in [0, 0.1) is 0 Å². The number of pyridine rings is 1. The minimum atomic E-state index is -4.81. The Labute approximate surface area is 177 Å². The minimum absolute atomic E-state index is 0.0625. The van der Waals surface area contributed by atoms with Crippen LogP contribution in [0.2, 0.25) is 0 Å². The molecule has 0 radical (unpaired) electrons. The zero-order valence-electron chi connectivity index (χ0n) is 15.6. The summed E-state index contributed by atoms with van der Waals surface area (Å²) in [5, 5.41) is 7.20. The second-order valence-corrected chi connectivity index (χ2v) is 7.01. The quantitative estimate of drug-likeness (QED) is 0.355. The topological polar surface area (TPSA) is 94.3 Å². The molecule has 1 aromatic carbocycles. The molecule has 0 aliphatic carbocycles. The molecule has 3 heterocycles. The van der Waals surface area contributed by atoms with Crippen molar-refractivity contribution in [3.05, 3.63) is 61.1 Å². The highest BCUT2D eigenvalue weighted by Gasteiger charge is 2.32. The highest BCUT2D eigenvalue weighted by Crippen LogP contribution is 2.33. The molecule has 4 aromatic rings. The predicted molar refractivity (Wildman–Crippen MR) is 106 cm³/mol. The van der Waals surface area contributed by atoms with E-state index in [2.05, 4.69) is 30.1 Å². The number of hydrogen-bond donors (Lipinski definition) is 1. The number of para-hydroxylation sites is 1. The van der Waals surface area contributed by atoms with Crippen molar-refractivity contribution >= 4 is 29.3 Å². The van der Waals surface area contributed by atoms with Crippen molar-refractivity contribution in [3.63, 3.8) is 0 Å². The van der Waals surface area contributed by atoms with Gasteiger partial charge in [-0.15, -0.1) is 18.3 Å². The molecule has 31 heavy (non-hydrogen) atoms. The third-order valence-electron chi connectivity index (χ3n) is 3.88. The molecule has 0 aliphatic heterocycles. The second kappa shape index (κ2) is 8.60. The van der Waals surface area contributed by atoms with Crippen LogP contribution in [0.3, 0.4) is 0 Å². The van der Waals surface area contributed by atoms with Gasteiger partial charge in [0.2, 0.25) is 11.9 Å². The maximum absolute atomic E-state index is 12.7. The Balaban J connectivity index is 1.51. The Morgan fingerprint density at radius 2 is 1.87 bits per heavy atom. The lowest BCUT2D eigenvalue weighted by Crippen LogP contribution is -2.17. The van der Waals surface area contributed by atoms with Gasteiger partial charge in [0.15, 0.2) is 10.8 Å². The lowest BCUT2D eigenvalue weighted by Gasteiger charge is -2.13. The summed E-state index contributed by atoms with van der Waals surface area (Å²) in [7, 11) is 0. The largest absolute Gasteiger partial charge is 0.573 e. The number of hydrogen-bond acceptors (Lipinski definition) is 7. The van der Waals surface area contributed by atoms with Gasteiger partial charge in [-0.3, -0.25) is 10.1 Å². The molecule has 3 aromatic heterocycles. The highest BCUT2D eigenvalue weighted by molar-refractivity contribution is 7.99. The standard InChI is InChI=1S/C19H13F3N6O2S/c20-19(21,22)30-14-5-2-1-4-13(14)12-6-7-15-25-17(27-28(15)10-12)26-16(29)11-31-18-23-8-3-9-24-18/h1-10H,11H2,(H,26,27,29). The molecule has 0 unspecified atom stereocenters. The number of aromatic nitrogens is 5. The molecule has 4 rings (SSSR count). The van der Waals surface area contributed by atoms with Crippen LogP contribution in [0.4, 0.5) is 19.1 Å². The Morgan fingerprint density at radius 1 is 1.10 bits per heavy atom. The third-order valence-corrected chi connectivity index (χ3v) is 4.76. The van der Waals surface area contributed by atoms with Gasteiger partial charge in [0.25, 0.3) is 0 Å². The minimum Gasteiger partial charge on any atom is -0.405 e. The Hall–Kier alpha value is -3.67. The predicted octanol–water partition coefficient (Wildman–Crippen LogP) is 3.82. The fraction of sp³-hybridized carbons (Fsp3) is 0.105. The van der Waals surface area contributed by atoms with E-state index < -0.39 is 6.36 Å². The highest BCUT2D eigenvalue weighted by atomic mass is 32.2. The van der Waals surface area contributed by atoms with Gasteiger partial charge < -0.3 is 4.74 Å². The SMILES string of the molecule is O=C(CSc1ncccn1)Nc1nc2ccc(-c3ccccc3OC(F)(F)F)cn2n1. The van der Waals surface area contributed by atoms with Gasteiger partial charge in [0.1, 0.15) is 5.75 Å². The van der Waals surface area contributed by atoms with Crippen molar-refractivity contribution in [2.75, 3.05) is 11.1 Å². The van der Waals surface area contributed by atoms with Crippen LogP contribution in [0.25, 0.3) is 16.8 Å². The monoisotopic (exact) mass is 446 g/mol. The van der Waals surface area contributed by atoms with E-state index in [1.54, 1.807) is 36.7 Å². The number of nitrogens with zero attached hydrogens (tertiary/aromatic N) is 5. The van der Waals surface area contributed by atoms with Crippen LogP contribution in [-0.4, -0.2) is 42.6 Å². The van der Waals surface area contributed by atoms with Gasteiger partial charge in [-0.1, -0.05) is 30.0 Å². The number of anilines is 1. The van der Waals surface area contributed by atoms with Crippen molar-refractivity contribution in [1.29, 1.82) is 0 Å². The fourth-order valence-corrected chi connectivity index (χ4v) is 3.27. The normalized spacial score (nSPS) is 11.5.